The van der Waals surface area contributed by atoms with E-state index in [2.05, 4.69) is 10.6 Å². The van der Waals surface area contributed by atoms with Crippen LogP contribution in [-0.2, 0) is 14.4 Å². The number of hydrogen-bond donors (Lipinski definition) is 2. The number of carbonyl (C=O) groups is 4. The third-order valence-electron chi connectivity index (χ3n) is 5.28. The van der Waals surface area contributed by atoms with E-state index in [-0.39, 0.29) is 29.4 Å². The van der Waals surface area contributed by atoms with Crippen molar-refractivity contribution in [3.63, 3.8) is 0 Å². The van der Waals surface area contributed by atoms with E-state index < -0.39 is 23.8 Å². The SMILES string of the molecule is COc1cc(/C=C2\C(=O)NC(=O)N(c3cccc(Cl)c3)C2=O)cc(I)c1OCC(=O)Nc1ccc(Cl)c(Cl)c1. The molecule has 5 amide bonds. The van der Waals surface area contributed by atoms with Gasteiger partial charge in [0.15, 0.2) is 18.1 Å². The van der Waals surface area contributed by atoms with E-state index in [4.69, 9.17) is 44.3 Å². The molecule has 3 aromatic rings. The molecule has 1 saturated heterocycles. The van der Waals surface area contributed by atoms with Crippen LogP contribution in [0.3, 0.4) is 0 Å². The molecule has 2 N–H and O–H groups in total. The van der Waals surface area contributed by atoms with Crippen molar-refractivity contribution in [3.8, 4) is 11.5 Å². The van der Waals surface area contributed by atoms with Crippen LogP contribution < -0.4 is 25.0 Å². The molecule has 0 aromatic heterocycles. The Bertz CT molecular complexity index is 1550. The highest BCUT2D eigenvalue weighted by atomic mass is 127. The number of urea groups is 1. The summed E-state index contributed by atoms with van der Waals surface area (Å²) in [6.45, 7) is -0.343. The van der Waals surface area contributed by atoms with E-state index in [0.717, 1.165) is 4.90 Å². The van der Waals surface area contributed by atoms with Crippen LogP contribution >= 0.6 is 57.4 Å². The average molecular weight is 701 g/mol. The molecular formula is C26H17Cl3IN3O6. The fourth-order valence-electron chi connectivity index (χ4n) is 3.55. The first-order chi connectivity index (χ1) is 18.6. The number of halogens is 4. The second kappa shape index (κ2) is 12.2. The molecule has 39 heavy (non-hydrogen) atoms. The fraction of sp³-hybridized carbons (Fsp3) is 0.0769. The second-order valence-corrected chi connectivity index (χ2v) is 10.4. The lowest BCUT2D eigenvalue weighted by Crippen LogP contribution is -2.54. The lowest BCUT2D eigenvalue weighted by molar-refractivity contribution is -0.122. The van der Waals surface area contributed by atoms with Crippen molar-refractivity contribution in [2.24, 2.45) is 0 Å². The first kappa shape index (κ1) is 28.7. The van der Waals surface area contributed by atoms with Gasteiger partial charge in [-0.1, -0.05) is 40.9 Å². The molecule has 0 radical (unpaired) electrons. The number of barbiturate groups is 1. The standard InChI is InChI=1S/C26H17Cl3IN3O6/c1-38-21-9-13(7-17-24(35)32-26(37)33(25(17)36)16-4-2-3-14(27)10-16)8-20(30)23(21)39-12-22(34)31-15-5-6-18(28)19(29)11-15/h2-11H,12H2,1H3,(H,31,34)(H,32,35,37)/b17-7+. The maximum atomic E-state index is 13.2. The molecule has 1 aliphatic rings. The van der Waals surface area contributed by atoms with Gasteiger partial charge in [-0.05, 0) is 82.8 Å². The van der Waals surface area contributed by atoms with Crippen LogP contribution in [0.4, 0.5) is 16.2 Å². The van der Waals surface area contributed by atoms with E-state index in [1.54, 1.807) is 30.3 Å². The predicted octanol–water partition coefficient (Wildman–Crippen LogP) is 5.94. The Morgan fingerprint density at radius 1 is 1.05 bits per heavy atom. The molecule has 0 atom stereocenters. The summed E-state index contributed by atoms with van der Waals surface area (Å²) in [4.78, 5) is 51.3. The number of anilines is 2. The zero-order valence-electron chi connectivity index (χ0n) is 19.9. The zero-order chi connectivity index (χ0) is 28.3. The lowest BCUT2D eigenvalue weighted by Gasteiger charge is -2.26. The molecule has 0 saturated carbocycles. The van der Waals surface area contributed by atoms with Crippen LogP contribution in [0.1, 0.15) is 5.56 Å². The molecule has 1 aliphatic heterocycles. The predicted molar refractivity (Wildman–Crippen MR) is 157 cm³/mol. The zero-order valence-corrected chi connectivity index (χ0v) is 24.3. The van der Waals surface area contributed by atoms with Gasteiger partial charge in [0.25, 0.3) is 17.7 Å². The quantitative estimate of drug-likeness (QED) is 0.179. The van der Waals surface area contributed by atoms with E-state index in [1.165, 1.54) is 37.5 Å². The maximum absolute atomic E-state index is 13.2. The van der Waals surface area contributed by atoms with Crippen LogP contribution in [-0.4, -0.2) is 37.5 Å². The minimum atomic E-state index is -0.889. The number of methoxy groups -OCH3 is 1. The molecule has 0 aliphatic carbocycles. The van der Waals surface area contributed by atoms with Crippen LogP contribution in [0.25, 0.3) is 6.08 Å². The number of benzene rings is 3. The summed E-state index contributed by atoms with van der Waals surface area (Å²) in [6.07, 6.45) is 1.33. The number of imide groups is 2. The van der Waals surface area contributed by atoms with Crippen molar-refractivity contribution in [3.05, 3.63) is 84.4 Å². The summed E-state index contributed by atoms with van der Waals surface area (Å²) < 4.78 is 11.7. The third-order valence-corrected chi connectivity index (χ3v) is 7.06. The van der Waals surface area contributed by atoms with Gasteiger partial charge in [-0.3, -0.25) is 19.7 Å². The van der Waals surface area contributed by atoms with Gasteiger partial charge in [-0.15, -0.1) is 0 Å². The molecule has 3 aromatic carbocycles. The molecule has 13 heteroatoms. The maximum Gasteiger partial charge on any atom is 0.335 e. The van der Waals surface area contributed by atoms with Gasteiger partial charge in [0.1, 0.15) is 5.57 Å². The first-order valence-electron chi connectivity index (χ1n) is 11.0. The summed E-state index contributed by atoms with van der Waals surface area (Å²) in [6, 6.07) is 13.1. The topological polar surface area (TPSA) is 114 Å². The van der Waals surface area contributed by atoms with E-state index in [1.807, 2.05) is 22.6 Å². The summed E-state index contributed by atoms with van der Waals surface area (Å²) >= 11 is 19.9. The van der Waals surface area contributed by atoms with Gasteiger partial charge >= 0.3 is 6.03 Å². The minimum absolute atomic E-state index is 0.207. The van der Waals surface area contributed by atoms with E-state index in [9.17, 15) is 19.2 Å². The molecule has 0 spiro atoms. The Morgan fingerprint density at radius 2 is 1.82 bits per heavy atom. The minimum Gasteiger partial charge on any atom is -0.493 e. The van der Waals surface area contributed by atoms with Crippen molar-refractivity contribution in [1.29, 1.82) is 0 Å². The molecule has 4 rings (SSSR count). The Hall–Kier alpha value is -3.32. The molecular weight excluding hydrogens is 684 g/mol. The van der Waals surface area contributed by atoms with Crippen molar-refractivity contribution < 1.29 is 28.7 Å². The monoisotopic (exact) mass is 699 g/mol. The highest BCUT2D eigenvalue weighted by molar-refractivity contribution is 14.1. The summed E-state index contributed by atoms with van der Waals surface area (Å²) in [5.74, 6) is -1.59. The Kier molecular flexibility index (Phi) is 9.01. The number of nitrogens with zero attached hydrogens (tertiary/aromatic N) is 1. The lowest BCUT2D eigenvalue weighted by atomic mass is 10.1. The van der Waals surface area contributed by atoms with Gasteiger partial charge in [0, 0.05) is 10.7 Å². The Morgan fingerprint density at radius 3 is 2.51 bits per heavy atom. The number of carbonyl (C=O) groups excluding carboxylic acids is 4. The number of ether oxygens (including phenoxy) is 2. The molecule has 0 unspecified atom stereocenters. The van der Waals surface area contributed by atoms with Crippen molar-refractivity contribution in [1.82, 2.24) is 5.32 Å². The molecule has 200 valence electrons. The number of amides is 5. The third kappa shape index (κ3) is 6.64. The van der Waals surface area contributed by atoms with Crippen molar-refractivity contribution in [2.75, 3.05) is 23.9 Å². The van der Waals surface area contributed by atoms with Crippen LogP contribution in [0.15, 0.2) is 60.2 Å². The first-order valence-corrected chi connectivity index (χ1v) is 13.2. The molecule has 9 nitrogen and oxygen atoms in total. The number of hydrogen-bond acceptors (Lipinski definition) is 6. The highest BCUT2D eigenvalue weighted by Crippen LogP contribution is 2.35. The van der Waals surface area contributed by atoms with Crippen molar-refractivity contribution in [2.45, 2.75) is 0 Å². The summed E-state index contributed by atoms with van der Waals surface area (Å²) in [7, 11) is 1.41. The molecule has 1 fully saturated rings. The van der Waals surface area contributed by atoms with Crippen LogP contribution in [0.2, 0.25) is 15.1 Å². The molecule has 0 bridgehead atoms. The van der Waals surface area contributed by atoms with Gasteiger partial charge in [-0.25, -0.2) is 9.69 Å². The largest absolute Gasteiger partial charge is 0.493 e. The molecule has 1 heterocycles. The van der Waals surface area contributed by atoms with Gasteiger partial charge < -0.3 is 14.8 Å². The second-order valence-electron chi connectivity index (χ2n) is 7.94. The highest BCUT2D eigenvalue weighted by Gasteiger charge is 2.37. The normalized spacial score (nSPS) is 14.3. The summed E-state index contributed by atoms with van der Waals surface area (Å²) in [5.41, 5.74) is 0.797. The summed E-state index contributed by atoms with van der Waals surface area (Å²) in [5, 5.41) is 5.78. The smallest absolute Gasteiger partial charge is 0.335 e. The Labute approximate surface area is 251 Å². The van der Waals surface area contributed by atoms with Gasteiger partial charge in [-0.2, -0.15) is 0 Å². The number of nitrogens with one attached hydrogen (secondary N) is 2. The van der Waals surface area contributed by atoms with Gasteiger partial charge in [0.2, 0.25) is 0 Å². The van der Waals surface area contributed by atoms with E-state index >= 15 is 0 Å². The van der Waals surface area contributed by atoms with E-state index in [0.29, 0.717) is 29.9 Å². The van der Waals surface area contributed by atoms with Crippen molar-refractivity contribution >= 4 is 98.6 Å². The van der Waals surface area contributed by atoms with Crippen LogP contribution in [0.5, 0.6) is 11.5 Å². The Balaban J connectivity index is 1.55. The number of rotatable bonds is 7. The van der Waals surface area contributed by atoms with Crippen LogP contribution in [0, 0.1) is 3.57 Å². The fourth-order valence-corrected chi connectivity index (χ4v) is 4.81. The average Bonchev–Trinajstić information content (AvgIpc) is 2.87. The van der Waals surface area contributed by atoms with Gasteiger partial charge in [0.05, 0.1) is 26.4 Å².